The molecule has 1 heterocycles. The molecule has 0 radical (unpaired) electrons. The van der Waals surface area contributed by atoms with Gasteiger partial charge in [0.25, 0.3) is 15.9 Å². The third kappa shape index (κ3) is 4.12. The standard InChI is InChI=1S/C22H17Cl2N3O3S/c1-27-19-12-5-2-9-16(19)20(24)21(27)22(28)25-14-7-6-8-15(13-14)31(29,30)26-18-11-4-3-10-17(18)23/h2-13,26H,1H3,(H,25,28). The summed E-state index contributed by atoms with van der Waals surface area (Å²) in [4.78, 5) is 12.9. The SMILES string of the molecule is Cn1c(C(=O)Nc2cccc(S(=O)(=O)Nc3ccccc3Cl)c2)c(Cl)c2ccccc21. The molecule has 0 bridgehead atoms. The van der Waals surface area contributed by atoms with Crippen LogP contribution in [-0.4, -0.2) is 18.9 Å². The number of rotatable bonds is 5. The monoisotopic (exact) mass is 473 g/mol. The van der Waals surface area contributed by atoms with Crippen LogP contribution in [0.2, 0.25) is 10.0 Å². The summed E-state index contributed by atoms with van der Waals surface area (Å²) in [6.45, 7) is 0. The van der Waals surface area contributed by atoms with E-state index < -0.39 is 15.9 Å². The van der Waals surface area contributed by atoms with Crippen molar-refractivity contribution < 1.29 is 13.2 Å². The Morgan fingerprint density at radius 2 is 1.65 bits per heavy atom. The van der Waals surface area contributed by atoms with Gasteiger partial charge in [0.2, 0.25) is 0 Å². The minimum absolute atomic E-state index is 0.0200. The second-order valence-corrected chi connectivity index (χ2v) is 9.27. The van der Waals surface area contributed by atoms with Crippen LogP contribution in [0.3, 0.4) is 0 Å². The van der Waals surface area contributed by atoms with Gasteiger partial charge in [-0.15, -0.1) is 0 Å². The molecule has 4 aromatic rings. The lowest BCUT2D eigenvalue weighted by Gasteiger charge is -2.11. The lowest BCUT2D eigenvalue weighted by atomic mass is 10.2. The Balaban J connectivity index is 1.62. The second-order valence-electron chi connectivity index (χ2n) is 6.81. The minimum atomic E-state index is -3.91. The molecule has 0 fully saturated rings. The first-order valence-electron chi connectivity index (χ1n) is 9.19. The molecule has 0 saturated carbocycles. The molecule has 31 heavy (non-hydrogen) atoms. The smallest absolute Gasteiger partial charge is 0.273 e. The summed E-state index contributed by atoms with van der Waals surface area (Å²) in [5.74, 6) is -0.447. The van der Waals surface area contributed by atoms with Gasteiger partial charge in [0, 0.05) is 23.6 Å². The second kappa shape index (κ2) is 8.26. The summed E-state index contributed by atoms with van der Waals surface area (Å²) < 4.78 is 29.7. The van der Waals surface area contributed by atoms with E-state index in [0.717, 1.165) is 10.9 Å². The van der Waals surface area contributed by atoms with Gasteiger partial charge >= 0.3 is 0 Å². The number of benzene rings is 3. The first kappa shape index (κ1) is 21.2. The molecule has 1 aromatic heterocycles. The van der Waals surface area contributed by atoms with Gasteiger partial charge in [-0.1, -0.05) is 59.6 Å². The minimum Gasteiger partial charge on any atom is -0.338 e. The number of aromatic nitrogens is 1. The van der Waals surface area contributed by atoms with E-state index in [-0.39, 0.29) is 21.3 Å². The van der Waals surface area contributed by atoms with Crippen molar-refractivity contribution in [1.82, 2.24) is 4.57 Å². The van der Waals surface area contributed by atoms with Crippen LogP contribution in [0.1, 0.15) is 10.5 Å². The molecular weight excluding hydrogens is 457 g/mol. The van der Waals surface area contributed by atoms with Crippen molar-refractivity contribution >= 4 is 61.4 Å². The Kier molecular flexibility index (Phi) is 5.66. The average molecular weight is 474 g/mol. The molecule has 6 nitrogen and oxygen atoms in total. The fourth-order valence-electron chi connectivity index (χ4n) is 3.28. The molecule has 0 unspecified atom stereocenters. The summed E-state index contributed by atoms with van der Waals surface area (Å²) in [6, 6.07) is 19.9. The summed E-state index contributed by atoms with van der Waals surface area (Å²) in [5.41, 5.74) is 1.68. The van der Waals surface area contributed by atoms with Crippen LogP contribution in [0.5, 0.6) is 0 Å². The highest BCUT2D eigenvalue weighted by atomic mass is 35.5. The van der Waals surface area contributed by atoms with Gasteiger partial charge < -0.3 is 9.88 Å². The van der Waals surface area contributed by atoms with Crippen LogP contribution in [0.4, 0.5) is 11.4 Å². The fraction of sp³-hybridized carbons (Fsp3) is 0.0455. The molecular formula is C22H17Cl2N3O3S. The Morgan fingerprint density at radius 3 is 2.39 bits per heavy atom. The van der Waals surface area contributed by atoms with E-state index in [4.69, 9.17) is 23.2 Å². The number of sulfonamides is 1. The van der Waals surface area contributed by atoms with Gasteiger partial charge in [0.1, 0.15) is 5.69 Å². The number of fused-ring (bicyclic) bond motifs is 1. The van der Waals surface area contributed by atoms with Gasteiger partial charge in [-0.25, -0.2) is 8.42 Å². The Hall–Kier alpha value is -3.00. The quantitative estimate of drug-likeness (QED) is 0.399. The third-order valence-electron chi connectivity index (χ3n) is 4.78. The number of nitrogens with zero attached hydrogens (tertiary/aromatic N) is 1. The van der Waals surface area contributed by atoms with Crippen molar-refractivity contribution in [3.8, 4) is 0 Å². The number of amides is 1. The Bertz CT molecular complexity index is 1380. The van der Waals surface area contributed by atoms with Crippen LogP contribution in [0.25, 0.3) is 10.9 Å². The van der Waals surface area contributed by atoms with Crippen molar-refractivity contribution in [2.24, 2.45) is 7.05 Å². The zero-order chi connectivity index (χ0) is 22.2. The average Bonchev–Trinajstić information content (AvgIpc) is 3.00. The maximum Gasteiger partial charge on any atom is 0.273 e. The zero-order valence-electron chi connectivity index (χ0n) is 16.3. The maximum atomic E-state index is 12.9. The summed E-state index contributed by atoms with van der Waals surface area (Å²) in [7, 11) is -2.17. The molecule has 3 aromatic carbocycles. The number of hydrogen-bond donors (Lipinski definition) is 2. The molecule has 0 spiro atoms. The first-order valence-corrected chi connectivity index (χ1v) is 11.4. The van der Waals surface area contributed by atoms with Crippen LogP contribution < -0.4 is 10.0 Å². The summed E-state index contributed by atoms with van der Waals surface area (Å²) in [5, 5.41) is 4.10. The molecule has 0 saturated heterocycles. The third-order valence-corrected chi connectivity index (χ3v) is 6.86. The molecule has 9 heteroatoms. The summed E-state index contributed by atoms with van der Waals surface area (Å²) in [6.07, 6.45) is 0. The van der Waals surface area contributed by atoms with Crippen LogP contribution in [0.15, 0.2) is 77.7 Å². The predicted molar refractivity (Wildman–Crippen MR) is 125 cm³/mol. The number of hydrogen-bond acceptors (Lipinski definition) is 3. The van der Waals surface area contributed by atoms with Gasteiger partial charge in [-0.05, 0) is 36.4 Å². The van der Waals surface area contributed by atoms with Crippen molar-refractivity contribution in [2.75, 3.05) is 10.0 Å². The topological polar surface area (TPSA) is 80.2 Å². The number of carbonyl (C=O) groups excluding carboxylic acids is 1. The molecule has 158 valence electrons. The molecule has 0 aliphatic heterocycles. The van der Waals surface area contributed by atoms with Crippen LogP contribution in [-0.2, 0) is 17.1 Å². The summed E-state index contributed by atoms with van der Waals surface area (Å²) >= 11 is 12.5. The van der Waals surface area contributed by atoms with E-state index in [0.29, 0.717) is 10.7 Å². The van der Waals surface area contributed by atoms with Gasteiger partial charge in [-0.2, -0.15) is 0 Å². The predicted octanol–water partition coefficient (Wildman–Crippen LogP) is 5.54. The van der Waals surface area contributed by atoms with E-state index in [1.54, 1.807) is 48.0 Å². The number of nitrogens with one attached hydrogen (secondary N) is 2. The van der Waals surface area contributed by atoms with E-state index in [1.165, 1.54) is 12.1 Å². The molecule has 0 atom stereocenters. The molecule has 0 aliphatic carbocycles. The molecule has 0 aliphatic rings. The van der Waals surface area contributed by atoms with Crippen LogP contribution in [0, 0.1) is 0 Å². The van der Waals surface area contributed by atoms with Gasteiger partial charge in [0.15, 0.2) is 0 Å². The zero-order valence-corrected chi connectivity index (χ0v) is 18.6. The van der Waals surface area contributed by atoms with Crippen molar-refractivity contribution in [3.63, 3.8) is 0 Å². The number of anilines is 2. The lowest BCUT2D eigenvalue weighted by molar-refractivity contribution is 0.102. The number of carbonyl (C=O) groups is 1. The Labute approximate surface area is 189 Å². The van der Waals surface area contributed by atoms with E-state index in [9.17, 15) is 13.2 Å². The van der Waals surface area contributed by atoms with Gasteiger partial charge in [0.05, 0.1) is 20.6 Å². The van der Waals surface area contributed by atoms with Crippen LogP contribution >= 0.6 is 23.2 Å². The first-order chi connectivity index (χ1) is 14.8. The largest absolute Gasteiger partial charge is 0.338 e. The van der Waals surface area contributed by atoms with Crippen molar-refractivity contribution in [1.29, 1.82) is 0 Å². The van der Waals surface area contributed by atoms with Crippen molar-refractivity contribution in [3.05, 3.63) is 88.5 Å². The number of aryl methyl sites for hydroxylation is 1. The maximum absolute atomic E-state index is 12.9. The highest BCUT2D eigenvalue weighted by molar-refractivity contribution is 7.92. The molecule has 1 amide bonds. The molecule has 2 N–H and O–H groups in total. The van der Waals surface area contributed by atoms with E-state index in [1.807, 2.05) is 24.3 Å². The highest BCUT2D eigenvalue weighted by Gasteiger charge is 2.21. The van der Waals surface area contributed by atoms with E-state index >= 15 is 0 Å². The van der Waals surface area contributed by atoms with Gasteiger partial charge in [-0.3, -0.25) is 9.52 Å². The normalized spacial score (nSPS) is 11.5. The van der Waals surface area contributed by atoms with E-state index in [2.05, 4.69) is 10.0 Å². The lowest BCUT2D eigenvalue weighted by Crippen LogP contribution is -2.17. The molecule has 4 rings (SSSR count). The van der Waals surface area contributed by atoms with Crippen molar-refractivity contribution in [2.45, 2.75) is 4.90 Å². The fourth-order valence-corrected chi connectivity index (χ4v) is 5.01. The number of halogens is 2. The Morgan fingerprint density at radius 1 is 0.935 bits per heavy atom. The highest BCUT2D eigenvalue weighted by Crippen LogP contribution is 2.31. The number of para-hydroxylation sites is 2.